The summed E-state index contributed by atoms with van der Waals surface area (Å²) in [5, 5.41) is 5.15. The Morgan fingerprint density at radius 1 is 1.13 bits per heavy atom. The van der Waals surface area contributed by atoms with E-state index in [-0.39, 0.29) is 5.69 Å². The molecule has 0 saturated carbocycles. The van der Waals surface area contributed by atoms with E-state index in [1.807, 2.05) is 31.2 Å². The molecule has 0 radical (unpaired) electrons. The van der Waals surface area contributed by atoms with E-state index >= 15 is 0 Å². The van der Waals surface area contributed by atoms with Crippen LogP contribution in [-0.4, -0.2) is 11.2 Å². The van der Waals surface area contributed by atoms with Gasteiger partial charge in [0.05, 0.1) is 17.4 Å². The number of hydrogen-bond donors (Lipinski definition) is 1. The number of nitrogens with zero attached hydrogens (tertiary/aromatic N) is 2. The summed E-state index contributed by atoms with van der Waals surface area (Å²) in [4.78, 5) is 4.31. The monoisotopic (exact) mass is 331 g/mol. The predicted molar refractivity (Wildman–Crippen MR) is 89.1 cm³/mol. The summed E-state index contributed by atoms with van der Waals surface area (Å²) in [6, 6.07) is 10.9. The second-order valence-electron chi connectivity index (χ2n) is 5.06. The highest BCUT2D eigenvalue weighted by Gasteiger charge is 2.05. The molecule has 23 heavy (non-hydrogen) atoms. The fourth-order valence-corrected chi connectivity index (χ4v) is 2.31. The quantitative estimate of drug-likeness (QED) is 0.420. The number of nitrogens with one attached hydrogen (secondary N) is 1. The number of benzene rings is 2. The van der Waals surface area contributed by atoms with Crippen LogP contribution in [0.25, 0.3) is 10.9 Å². The van der Waals surface area contributed by atoms with Gasteiger partial charge in [0.2, 0.25) is 0 Å². The minimum absolute atomic E-state index is 0.0724. The molecule has 1 aromatic heterocycles. The summed E-state index contributed by atoms with van der Waals surface area (Å²) in [6.07, 6.45) is 1.44. The molecule has 0 saturated heterocycles. The number of aryl methyl sites for hydroxylation is 1. The van der Waals surface area contributed by atoms with Gasteiger partial charge in [0.15, 0.2) is 5.82 Å². The van der Waals surface area contributed by atoms with Crippen LogP contribution in [0.2, 0.25) is 5.15 Å². The molecule has 0 unspecified atom stereocenters. The fraction of sp³-hybridized carbons (Fsp3) is 0.0588. The highest BCUT2D eigenvalue weighted by Crippen LogP contribution is 2.21. The van der Waals surface area contributed by atoms with Gasteiger partial charge in [-0.3, -0.25) is 5.43 Å². The molecule has 3 rings (SSSR count). The molecule has 0 aliphatic rings. The van der Waals surface area contributed by atoms with Crippen molar-refractivity contribution >= 4 is 34.4 Å². The topological polar surface area (TPSA) is 37.3 Å². The number of aromatic nitrogens is 1. The van der Waals surface area contributed by atoms with Crippen LogP contribution in [-0.2, 0) is 0 Å². The van der Waals surface area contributed by atoms with Crippen LogP contribution < -0.4 is 5.43 Å². The second-order valence-corrected chi connectivity index (χ2v) is 5.42. The number of hydrazone groups is 1. The second kappa shape index (κ2) is 6.30. The van der Waals surface area contributed by atoms with Crippen LogP contribution in [0.1, 0.15) is 11.1 Å². The lowest BCUT2D eigenvalue weighted by molar-refractivity contribution is 0.585. The molecule has 0 bridgehead atoms. The molecule has 3 nitrogen and oxygen atoms in total. The fourth-order valence-electron chi connectivity index (χ4n) is 2.11. The number of halogens is 3. The molecule has 116 valence electrons. The minimum atomic E-state index is -0.722. The number of fused-ring (bicyclic) bond motifs is 1. The molecule has 3 aromatic rings. The zero-order valence-corrected chi connectivity index (χ0v) is 12.9. The van der Waals surface area contributed by atoms with Crippen LogP contribution in [0.15, 0.2) is 47.6 Å². The third kappa shape index (κ3) is 3.46. The van der Waals surface area contributed by atoms with Gasteiger partial charge in [0.25, 0.3) is 0 Å². The van der Waals surface area contributed by atoms with E-state index in [1.165, 1.54) is 12.3 Å². The number of hydrogen-bond acceptors (Lipinski definition) is 3. The molecule has 0 spiro atoms. The number of pyridine rings is 1. The zero-order chi connectivity index (χ0) is 16.4. The highest BCUT2D eigenvalue weighted by molar-refractivity contribution is 6.32. The van der Waals surface area contributed by atoms with Crippen molar-refractivity contribution in [3.05, 3.63) is 70.4 Å². The Morgan fingerprint density at radius 3 is 2.74 bits per heavy atom. The SMILES string of the molecule is Cc1ccc2cc(/C=N\Nc3ccc(F)cc3F)c(Cl)nc2c1. The van der Waals surface area contributed by atoms with Crippen molar-refractivity contribution in [1.29, 1.82) is 0 Å². The summed E-state index contributed by atoms with van der Waals surface area (Å²) in [5.41, 5.74) is 5.07. The average Bonchev–Trinajstić information content (AvgIpc) is 2.50. The van der Waals surface area contributed by atoms with Gasteiger partial charge in [-0.15, -0.1) is 0 Å². The van der Waals surface area contributed by atoms with Crippen LogP contribution in [0.4, 0.5) is 14.5 Å². The number of rotatable bonds is 3. The summed E-state index contributed by atoms with van der Waals surface area (Å²) in [6.45, 7) is 1.98. The van der Waals surface area contributed by atoms with Crippen molar-refractivity contribution in [2.75, 3.05) is 5.43 Å². The smallest absolute Gasteiger partial charge is 0.151 e. The summed E-state index contributed by atoms with van der Waals surface area (Å²) < 4.78 is 26.3. The lowest BCUT2D eigenvalue weighted by Crippen LogP contribution is -1.96. The Labute approximate surface area is 136 Å². The van der Waals surface area contributed by atoms with E-state index < -0.39 is 11.6 Å². The van der Waals surface area contributed by atoms with Crippen molar-refractivity contribution in [2.24, 2.45) is 5.10 Å². The Morgan fingerprint density at radius 2 is 1.96 bits per heavy atom. The molecule has 0 aliphatic heterocycles. The standard InChI is InChI=1S/C17H12ClF2N3/c1-10-2-3-11-7-12(17(18)22-16(11)6-10)9-21-23-15-5-4-13(19)8-14(15)20/h2-9,23H,1H3/b21-9-. The largest absolute Gasteiger partial charge is 0.276 e. The van der Waals surface area contributed by atoms with E-state index in [0.717, 1.165) is 28.6 Å². The van der Waals surface area contributed by atoms with Gasteiger partial charge in [-0.1, -0.05) is 23.7 Å². The zero-order valence-electron chi connectivity index (χ0n) is 12.1. The molecule has 0 aliphatic carbocycles. The molecule has 0 fully saturated rings. The van der Waals surface area contributed by atoms with Crippen molar-refractivity contribution in [2.45, 2.75) is 6.92 Å². The predicted octanol–water partition coefficient (Wildman–Crippen LogP) is 4.92. The van der Waals surface area contributed by atoms with E-state index in [4.69, 9.17) is 11.6 Å². The van der Waals surface area contributed by atoms with Gasteiger partial charge in [0.1, 0.15) is 11.0 Å². The number of anilines is 1. The Hall–Kier alpha value is -2.53. The molecule has 2 aromatic carbocycles. The van der Waals surface area contributed by atoms with E-state index in [2.05, 4.69) is 15.5 Å². The molecule has 1 N–H and O–H groups in total. The molecule has 1 heterocycles. The molecule has 6 heteroatoms. The van der Waals surface area contributed by atoms with E-state index in [9.17, 15) is 8.78 Å². The minimum Gasteiger partial charge on any atom is -0.276 e. The first kappa shape index (κ1) is 15.4. The third-order valence-corrected chi connectivity index (χ3v) is 3.58. The maximum Gasteiger partial charge on any atom is 0.151 e. The van der Waals surface area contributed by atoms with Crippen molar-refractivity contribution in [3.8, 4) is 0 Å². The van der Waals surface area contributed by atoms with Crippen LogP contribution in [0.5, 0.6) is 0 Å². The van der Waals surface area contributed by atoms with Crippen molar-refractivity contribution in [1.82, 2.24) is 4.98 Å². The van der Waals surface area contributed by atoms with Crippen molar-refractivity contribution < 1.29 is 8.78 Å². The lowest BCUT2D eigenvalue weighted by Gasteiger charge is -2.04. The van der Waals surface area contributed by atoms with Crippen LogP contribution >= 0.6 is 11.6 Å². The highest BCUT2D eigenvalue weighted by atomic mass is 35.5. The van der Waals surface area contributed by atoms with Crippen molar-refractivity contribution in [3.63, 3.8) is 0 Å². The Kier molecular flexibility index (Phi) is 4.21. The van der Waals surface area contributed by atoms with E-state index in [0.29, 0.717) is 10.7 Å². The summed E-state index contributed by atoms with van der Waals surface area (Å²) in [7, 11) is 0. The van der Waals surface area contributed by atoms with Gasteiger partial charge >= 0.3 is 0 Å². The average molecular weight is 332 g/mol. The maximum absolute atomic E-state index is 13.5. The third-order valence-electron chi connectivity index (χ3n) is 3.27. The normalized spacial score (nSPS) is 11.3. The van der Waals surface area contributed by atoms with Crippen LogP contribution in [0, 0.1) is 18.6 Å². The summed E-state index contributed by atoms with van der Waals surface area (Å²) >= 11 is 6.14. The first-order valence-electron chi connectivity index (χ1n) is 6.84. The lowest BCUT2D eigenvalue weighted by atomic mass is 10.1. The Bertz CT molecular complexity index is 910. The van der Waals surface area contributed by atoms with E-state index in [1.54, 1.807) is 0 Å². The van der Waals surface area contributed by atoms with Gasteiger partial charge in [0, 0.05) is 17.0 Å². The first-order chi connectivity index (χ1) is 11.0. The molecule has 0 amide bonds. The Balaban J connectivity index is 1.85. The molecular formula is C17H12ClF2N3. The van der Waals surface area contributed by atoms with Gasteiger partial charge < -0.3 is 0 Å². The van der Waals surface area contributed by atoms with Crippen LogP contribution in [0.3, 0.4) is 0 Å². The van der Waals surface area contributed by atoms with Gasteiger partial charge in [-0.2, -0.15) is 5.10 Å². The maximum atomic E-state index is 13.5. The van der Waals surface area contributed by atoms with Gasteiger partial charge in [-0.05, 0) is 36.8 Å². The molecular weight excluding hydrogens is 320 g/mol. The first-order valence-corrected chi connectivity index (χ1v) is 7.22. The molecule has 0 atom stereocenters. The summed E-state index contributed by atoms with van der Waals surface area (Å²) in [5.74, 6) is -1.37. The van der Waals surface area contributed by atoms with Gasteiger partial charge in [-0.25, -0.2) is 13.8 Å².